The fourth-order valence-electron chi connectivity index (χ4n) is 1.86. The molecule has 2 heterocycles. The Morgan fingerprint density at radius 1 is 1.42 bits per heavy atom. The molecule has 5 nitrogen and oxygen atoms in total. The van der Waals surface area contributed by atoms with Crippen molar-refractivity contribution in [2.75, 3.05) is 5.32 Å². The second kappa shape index (κ2) is 5.05. The van der Waals surface area contributed by atoms with Crippen LogP contribution >= 0.6 is 31.9 Å². The number of hydrogen-bond donors (Lipinski definition) is 1. The monoisotopic (exact) mass is 384 g/mol. The van der Waals surface area contributed by atoms with Crippen LogP contribution in [0.2, 0.25) is 0 Å². The average Bonchev–Trinajstić information content (AvgIpc) is 3.10. The van der Waals surface area contributed by atoms with Gasteiger partial charge in [-0.25, -0.2) is 9.97 Å². The molecule has 19 heavy (non-hydrogen) atoms. The smallest absolute Gasteiger partial charge is 0.273 e. The standard InChI is InChI=1S/C12H10Br2N4O/c13-9-6-15-11(10(14)16-9)17-12(19)8-2-1-5-18(8)7-3-4-7/h1-2,5-7H,3-4H2,(H,15,17,19). The van der Waals surface area contributed by atoms with Crippen LogP contribution in [0.15, 0.2) is 33.7 Å². The highest BCUT2D eigenvalue weighted by atomic mass is 79.9. The predicted octanol–water partition coefficient (Wildman–Crippen LogP) is 3.39. The van der Waals surface area contributed by atoms with Crippen LogP contribution < -0.4 is 5.32 Å². The highest BCUT2D eigenvalue weighted by Crippen LogP contribution is 2.36. The first-order valence-electron chi connectivity index (χ1n) is 5.81. The van der Waals surface area contributed by atoms with Gasteiger partial charge in [0.2, 0.25) is 0 Å². The van der Waals surface area contributed by atoms with E-state index in [0.717, 1.165) is 12.8 Å². The van der Waals surface area contributed by atoms with Crippen LogP contribution in [0.1, 0.15) is 29.4 Å². The van der Waals surface area contributed by atoms with E-state index >= 15 is 0 Å². The first-order chi connectivity index (χ1) is 9.15. The summed E-state index contributed by atoms with van der Waals surface area (Å²) in [6.45, 7) is 0. The fraction of sp³-hybridized carbons (Fsp3) is 0.250. The molecular formula is C12H10Br2N4O. The first-order valence-corrected chi connectivity index (χ1v) is 7.40. The van der Waals surface area contributed by atoms with Gasteiger partial charge in [0.25, 0.3) is 5.91 Å². The number of rotatable bonds is 3. The van der Waals surface area contributed by atoms with Crippen LogP contribution in [0.3, 0.4) is 0 Å². The number of carbonyl (C=O) groups is 1. The molecule has 1 aliphatic carbocycles. The van der Waals surface area contributed by atoms with Crippen molar-refractivity contribution in [3.63, 3.8) is 0 Å². The van der Waals surface area contributed by atoms with Crippen LogP contribution in [0.5, 0.6) is 0 Å². The molecular weight excluding hydrogens is 376 g/mol. The molecule has 1 N–H and O–H groups in total. The molecule has 0 unspecified atom stereocenters. The van der Waals surface area contributed by atoms with E-state index in [0.29, 0.717) is 26.8 Å². The summed E-state index contributed by atoms with van der Waals surface area (Å²) >= 11 is 6.49. The lowest BCUT2D eigenvalue weighted by molar-refractivity contribution is 0.101. The fourth-order valence-corrected chi connectivity index (χ4v) is 2.77. The maximum absolute atomic E-state index is 12.2. The maximum atomic E-state index is 12.2. The minimum absolute atomic E-state index is 0.172. The Kier molecular flexibility index (Phi) is 3.40. The third-order valence-corrected chi connectivity index (χ3v) is 3.82. The number of carbonyl (C=O) groups excluding carboxylic acids is 1. The Morgan fingerprint density at radius 3 is 2.89 bits per heavy atom. The molecule has 0 aliphatic heterocycles. The average molecular weight is 386 g/mol. The molecule has 98 valence electrons. The topological polar surface area (TPSA) is 59.8 Å². The van der Waals surface area contributed by atoms with E-state index in [2.05, 4.69) is 47.1 Å². The van der Waals surface area contributed by atoms with Crippen LogP contribution in [-0.4, -0.2) is 20.4 Å². The molecule has 0 spiro atoms. The molecule has 1 fully saturated rings. The third kappa shape index (κ3) is 2.71. The molecule has 2 aromatic rings. The number of nitrogens with zero attached hydrogens (tertiary/aromatic N) is 3. The lowest BCUT2D eigenvalue weighted by Gasteiger charge is -2.09. The lowest BCUT2D eigenvalue weighted by atomic mass is 10.4. The zero-order chi connectivity index (χ0) is 13.4. The molecule has 1 amide bonds. The van der Waals surface area contributed by atoms with Crippen molar-refractivity contribution in [3.8, 4) is 0 Å². The molecule has 2 aromatic heterocycles. The normalized spacial score (nSPS) is 14.4. The first kappa shape index (κ1) is 12.8. The molecule has 7 heteroatoms. The van der Waals surface area contributed by atoms with E-state index in [1.165, 1.54) is 0 Å². The Labute approximate surface area is 126 Å². The zero-order valence-electron chi connectivity index (χ0n) is 9.81. The molecule has 0 radical (unpaired) electrons. The van der Waals surface area contributed by atoms with Gasteiger partial charge in [-0.2, -0.15) is 0 Å². The van der Waals surface area contributed by atoms with Crippen molar-refractivity contribution in [1.82, 2.24) is 14.5 Å². The molecule has 0 bridgehead atoms. The minimum atomic E-state index is -0.172. The van der Waals surface area contributed by atoms with Crippen molar-refractivity contribution in [1.29, 1.82) is 0 Å². The summed E-state index contributed by atoms with van der Waals surface area (Å²) in [7, 11) is 0. The van der Waals surface area contributed by atoms with Gasteiger partial charge in [0.15, 0.2) is 5.82 Å². The van der Waals surface area contributed by atoms with E-state index in [1.807, 2.05) is 22.9 Å². The van der Waals surface area contributed by atoms with Crippen molar-refractivity contribution in [2.45, 2.75) is 18.9 Å². The van der Waals surface area contributed by atoms with Gasteiger partial charge in [-0.1, -0.05) is 0 Å². The van der Waals surface area contributed by atoms with Crippen molar-refractivity contribution in [2.24, 2.45) is 0 Å². The quantitative estimate of drug-likeness (QED) is 0.880. The van der Waals surface area contributed by atoms with Crippen LogP contribution in [-0.2, 0) is 0 Å². The van der Waals surface area contributed by atoms with Gasteiger partial charge in [-0.05, 0) is 56.8 Å². The largest absolute Gasteiger partial charge is 0.340 e. The maximum Gasteiger partial charge on any atom is 0.273 e. The van der Waals surface area contributed by atoms with Gasteiger partial charge in [-0.3, -0.25) is 4.79 Å². The Balaban J connectivity index is 1.82. The van der Waals surface area contributed by atoms with Crippen molar-refractivity contribution in [3.05, 3.63) is 39.4 Å². The highest BCUT2D eigenvalue weighted by molar-refractivity contribution is 9.11. The van der Waals surface area contributed by atoms with Gasteiger partial charge in [0, 0.05) is 12.2 Å². The lowest BCUT2D eigenvalue weighted by Crippen LogP contribution is -2.17. The molecule has 1 aliphatic rings. The predicted molar refractivity (Wildman–Crippen MR) is 78.1 cm³/mol. The minimum Gasteiger partial charge on any atom is -0.340 e. The van der Waals surface area contributed by atoms with Crippen LogP contribution in [0.4, 0.5) is 5.82 Å². The molecule has 0 saturated heterocycles. The summed E-state index contributed by atoms with van der Waals surface area (Å²) in [5.41, 5.74) is 0.652. The van der Waals surface area contributed by atoms with Crippen molar-refractivity contribution >= 4 is 43.6 Å². The second-order valence-corrected chi connectivity index (χ2v) is 5.88. The zero-order valence-corrected chi connectivity index (χ0v) is 13.0. The highest BCUT2D eigenvalue weighted by Gasteiger charge is 2.27. The molecule has 1 saturated carbocycles. The summed E-state index contributed by atoms with van der Waals surface area (Å²) in [4.78, 5) is 20.5. The number of hydrogen-bond acceptors (Lipinski definition) is 3. The molecule has 0 aromatic carbocycles. The Morgan fingerprint density at radius 2 is 2.21 bits per heavy atom. The second-order valence-electron chi connectivity index (χ2n) is 4.32. The van der Waals surface area contributed by atoms with Gasteiger partial charge in [-0.15, -0.1) is 0 Å². The van der Waals surface area contributed by atoms with E-state index in [4.69, 9.17) is 0 Å². The van der Waals surface area contributed by atoms with Gasteiger partial charge in [0.05, 0.1) is 6.20 Å². The van der Waals surface area contributed by atoms with E-state index in [9.17, 15) is 4.79 Å². The summed E-state index contributed by atoms with van der Waals surface area (Å²) in [5.74, 6) is 0.242. The van der Waals surface area contributed by atoms with Crippen molar-refractivity contribution < 1.29 is 4.79 Å². The van der Waals surface area contributed by atoms with E-state index < -0.39 is 0 Å². The number of halogens is 2. The van der Waals surface area contributed by atoms with Gasteiger partial charge in [0.1, 0.15) is 14.9 Å². The number of aromatic nitrogens is 3. The van der Waals surface area contributed by atoms with Gasteiger partial charge >= 0.3 is 0 Å². The van der Waals surface area contributed by atoms with Crippen LogP contribution in [0, 0.1) is 0 Å². The third-order valence-electron chi connectivity index (χ3n) is 2.88. The van der Waals surface area contributed by atoms with E-state index in [1.54, 1.807) is 6.20 Å². The summed E-state index contributed by atoms with van der Waals surface area (Å²) in [6.07, 6.45) is 5.75. The summed E-state index contributed by atoms with van der Waals surface area (Å²) in [5, 5.41) is 2.76. The Hall–Kier alpha value is -1.21. The number of nitrogens with one attached hydrogen (secondary N) is 1. The SMILES string of the molecule is O=C(Nc1ncc(Br)nc1Br)c1cccn1C1CC1. The molecule has 3 rings (SSSR count). The van der Waals surface area contributed by atoms with E-state index in [-0.39, 0.29) is 5.91 Å². The number of anilines is 1. The Bertz CT molecular complexity index is 636. The summed E-state index contributed by atoms with van der Waals surface area (Å²) < 4.78 is 3.12. The van der Waals surface area contributed by atoms with Crippen LogP contribution in [0.25, 0.3) is 0 Å². The van der Waals surface area contributed by atoms with Gasteiger partial charge < -0.3 is 9.88 Å². The number of amides is 1. The molecule has 0 atom stereocenters. The summed E-state index contributed by atoms with van der Waals surface area (Å²) in [6, 6.07) is 4.17.